The second-order valence-corrected chi connectivity index (χ2v) is 3.52. The van der Waals surface area contributed by atoms with E-state index in [1.54, 1.807) is 6.92 Å². The molecule has 0 saturated heterocycles. The maximum Gasteiger partial charge on any atom is 0.315 e. The second kappa shape index (κ2) is 6.93. The van der Waals surface area contributed by atoms with Crippen LogP contribution in [0.1, 0.15) is 13.3 Å². The molecule has 7 nitrogen and oxygen atoms in total. The van der Waals surface area contributed by atoms with Crippen molar-refractivity contribution in [2.75, 3.05) is 5.75 Å². The Kier molecular flexibility index (Phi) is 6.27. The summed E-state index contributed by atoms with van der Waals surface area (Å²) in [6.45, 7) is 1.64. The van der Waals surface area contributed by atoms with Gasteiger partial charge in [-0.15, -0.1) is 0 Å². The molecule has 0 aromatic heterocycles. The van der Waals surface area contributed by atoms with Gasteiger partial charge in [-0.05, 0) is 18.9 Å². The zero-order valence-electron chi connectivity index (χ0n) is 8.14. The molecule has 0 aromatic rings. The molecule has 0 aliphatic rings. The molecule has 5 N–H and O–H groups in total. The number of rotatable bonds is 6. The van der Waals surface area contributed by atoms with Gasteiger partial charge >= 0.3 is 11.9 Å². The van der Waals surface area contributed by atoms with Crippen LogP contribution in [0.4, 0.5) is 0 Å². The zero-order valence-corrected chi connectivity index (χ0v) is 8.95. The van der Waals surface area contributed by atoms with E-state index < -0.39 is 11.9 Å². The van der Waals surface area contributed by atoms with Gasteiger partial charge in [0.05, 0.1) is 6.42 Å². The number of guanidine groups is 1. The first kappa shape index (κ1) is 13.6. The standard InChI is InChI=1S/C7H13N3O4S/c1-4(2-5(11)12)9-7(8)10-15-3-6(13)14/h4H,2-3H2,1H3,(H,11,12)(H,13,14)(H3,8,9,10). The lowest BCUT2D eigenvalue weighted by atomic mass is 10.2. The minimum Gasteiger partial charge on any atom is -0.481 e. The van der Waals surface area contributed by atoms with Gasteiger partial charge in [0.1, 0.15) is 5.75 Å². The Morgan fingerprint density at radius 3 is 2.53 bits per heavy atom. The number of hydrogen-bond acceptors (Lipinski definition) is 4. The van der Waals surface area contributed by atoms with Gasteiger partial charge in [-0.3, -0.25) is 9.59 Å². The van der Waals surface area contributed by atoms with Gasteiger partial charge in [0.25, 0.3) is 0 Å². The highest BCUT2D eigenvalue weighted by molar-refractivity contribution is 7.98. The third-order valence-electron chi connectivity index (χ3n) is 1.23. The van der Waals surface area contributed by atoms with Crippen molar-refractivity contribution in [2.45, 2.75) is 19.4 Å². The Hall–Kier alpha value is -1.44. The van der Waals surface area contributed by atoms with Crippen LogP contribution in [0.5, 0.6) is 0 Å². The van der Waals surface area contributed by atoms with Gasteiger partial charge in [-0.2, -0.15) is 4.40 Å². The van der Waals surface area contributed by atoms with E-state index in [1.165, 1.54) is 0 Å². The lowest BCUT2D eigenvalue weighted by Gasteiger charge is -2.11. The summed E-state index contributed by atoms with van der Waals surface area (Å²) in [7, 11) is 0. The molecule has 0 amide bonds. The van der Waals surface area contributed by atoms with Gasteiger partial charge in [0, 0.05) is 6.04 Å². The molecule has 15 heavy (non-hydrogen) atoms. The first-order valence-electron chi connectivity index (χ1n) is 4.07. The van der Waals surface area contributed by atoms with Gasteiger partial charge < -0.3 is 21.3 Å². The Morgan fingerprint density at radius 1 is 1.47 bits per heavy atom. The van der Waals surface area contributed by atoms with Crippen LogP contribution < -0.4 is 11.1 Å². The largest absolute Gasteiger partial charge is 0.481 e. The maximum atomic E-state index is 10.3. The molecule has 8 heteroatoms. The molecular weight excluding hydrogens is 222 g/mol. The van der Waals surface area contributed by atoms with E-state index in [4.69, 9.17) is 15.9 Å². The highest BCUT2D eigenvalue weighted by atomic mass is 32.2. The first-order valence-corrected chi connectivity index (χ1v) is 5.01. The SMILES string of the molecule is CC(CC(=O)O)NC(N)=NSCC(=O)O. The Bertz CT molecular complexity index is 269. The summed E-state index contributed by atoms with van der Waals surface area (Å²) in [5, 5.41) is 19.4. The smallest absolute Gasteiger partial charge is 0.315 e. The molecule has 0 aliphatic heterocycles. The molecule has 1 unspecified atom stereocenters. The van der Waals surface area contributed by atoms with Crippen LogP contribution in [0.3, 0.4) is 0 Å². The number of carbonyl (C=O) groups is 2. The van der Waals surface area contributed by atoms with Gasteiger partial charge in [-0.25, -0.2) is 0 Å². The predicted octanol–water partition coefficient (Wildman–Crippen LogP) is -0.513. The molecule has 0 bridgehead atoms. The average Bonchev–Trinajstić information content (AvgIpc) is 2.00. The number of carboxylic acid groups (broad SMARTS) is 2. The summed E-state index contributed by atoms with van der Waals surface area (Å²) in [6, 6.07) is -0.350. The second-order valence-electron chi connectivity index (χ2n) is 2.79. The molecule has 0 aliphatic carbocycles. The van der Waals surface area contributed by atoms with Crippen molar-refractivity contribution >= 4 is 29.8 Å². The molecule has 0 fully saturated rings. The quantitative estimate of drug-likeness (QED) is 0.277. The van der Waals surface area contributed by atoms with Crippen LogP contribution in [0, 0.1) is 0 Å². The topological polar surface area (TPSA) is 125 Å². The van der Waals surface area contributed by atoms with E-state index in [9.17, 15) is 9.59 Å². The first-order chi connectivity index (χ1) is 6.91. The van der Waals surface area contributed by atoms with Crippen molar-refractivity contribution in [3.8, 4) is 0 Å². The third kappa shape index (κ3) is 8.88. The third-order valence-corrected chi connectivity index (χ3v) is 1.93. The summed E-state index contributed by atoms with van der Waals surface area (Å²) in [4.78, 5) is 20.4. The zero-order chi connectivity index (χ0) is 11.8. The number of nitrogens with one attached hydrogen (secondary N) is 1. The van der Waals surface area contributed by atoms with Crippen LogP contribution in [-0.4, -0.2) is 39.9 Å². The van der Waals surface area contributed by atoms with Crippen molar-refractivity contribution in [3.63, 3.8) is 0 Å². The fourth-order valence-corrected chi connectivity index (χ4v) is 1.12. The molecule has 0 spiro atoms. The molecule has 0 saturated carbocycles. The van der Waals surface area contributed by atoms with Gasteiger partial charge in [0.15, 0.2) is 0 Å². The lowest BCUT2D eigenvalue weighted by molar-refractivity contribution is -0.137. The highest BCUT2D eigenvalue weighted by Gasteiger charge is 2.07. The van der Waals surface area contributed by atoms with Crippen LogP contribution in [0.25, 0.3) is 0 Å². The van der Waals surface area contributed by atoms with E-state index in [-0.39, 0.29) is 24.2 Å². The molecule has 0 heterocycles. The van der Waals surface area contributed by atoms with Crippen LogP contribution in [0.2, 0.25) is 0 Å². The summed E-state index contributed by atoms with van der Waals surface area (Å²) >= 11 is 0.784. The summed E-state index contributed by atoms with van der Waals surface area (Å²) in [6.07, 6.45) is -0.0835. The fourth-order valence-electron chi connectivity index (χ4n) is 0.749. The predicted molar refractivity (Wildman–Crippen MR) is 56.6 cm³/mol. The Balaban J connectivity index is 3.84. The lowest BCUT2D eigenvalue weighted by Crippen LogP contribution is -2.39. The number of carboxylic acids is 2. The normalized spacial score (nSPS) is 13.3. The number of nitrogens with zero attached hydrogens (tertiary/aromatic N) is 1. The average molecular weight is 235 g/mol. The molecule has 0 radical (unpaired) electrons. The number of nitrogens with two attached hydrogens (primary N) is 1. The van der Waals surface area contributed by atoms with Crippen LogP contribution in [0.15, 0.2) is 4.40 Å². The maximum absolute atomic E-state index is 10.3. The van der Waals surface area contributed by atoms with Crippen molar-refractivity contribution in [1.29, 1.82) is 0 Å². The highest BCUT2D eigenvalue weighted by Crippen LogP contribution is 2.00. The number of aliphatic carboxylic acids is 2. The monoisotopic (exact) mass is 235 g/mol. The van der Waals surface area contributed by atoms with Crippen molar-refractivity contribution in [1.82, 2.24) is 5.32 Å². The van der Waals surface area contributed by atoms with Gasteiger partial charge in [0.2, 0.25) is 5.96 Å². The Morgan fingerprint density at radius 2 is 2.07 bits per heavy atom. The van der Waals surface area contributed by atoms with Crippen molar-refractivity contribution < 1.29 is 19.8 Å². The van der Waals surface area contributed by atoms with Crippen molar-refractivity contribution in [2.24, 2.45) is 10.1 Å². The molecule has 1 atom stereocenters. The molecule has 0 rings (SSSR count). The van der Waals surface area contributed by atoms with Crippen LogP contribution >= 0.6 is 11.9 Å². The van der Waals surface area contributed by atoms with E-state index in [0.29, 0.717) is 0 Å². The summed E-state index contributed by atoms with van der Waals surface area (Å²) in [5.74, 6) is -2.10. The summed E-state index contributed by atoms with van der Waals surface area (Å²) < 4.78 is 3.64. The fraction of sp³-hybridized carbons (Fsp3) is 0.571. The minimum absolute atomic E-state index is 0.0231. The van der Waals surface area contributed by atoms with Crippen molar-refractivity contribution in [3.05, 3.63) is 0 Å². The van der Waals surface area contributed by atoms with E-state index in [1.807, 2.05) is 0 Å². The van der Waals surface area contributed by atoms with E-state index in [2.05, 4.69) is 9.71 Å². The minimum atomic E-state index is -0.991. The van der Waals surface area contributed by atoms with E-state index >= 15 is 0 Å². The molecular formula is C7H13N3O4S. The molecule has 86 valence electrons. The van der Waals surface area contributed by atoms with Crippen LogP contribution in [-0.2, 0) is 9.59 Å². The summed E-state index contributed by atoms with van der Waals surface area (Å²) in [5.41, 5.74) is 5.37. The number of hydrogen-bond donors (Lipinski definition) is 4. The Labute approximate surface area is 90.9 Å². The van der Waals surface area contributed by atoms with E-state index in [0.717, 1.165) is 11.9 Å². The molecule has 0 aromatic carbocycles. The van der Waals surface area contributed by atoms with Gasteiger partial charge in [-0.1, -0.05) is 0 Å².